The van der Waals surface area contributed by atoms with Gasteiger partial charge in [-0.05, 0) is 51.0 Å². The number of hydrogen-bond acceptors (Lipinski definition) is 3. The van der Waals surface area contributed by atoms with E-state index in [9.17, 15) is 13.2 Å². The number of hydrogen-bond donors (Lipinski definition) is 2. The summed E-state index contributed by atoms with van der Waals surface area (Å²) in [5, 5.41) is 3.48. The lowest BCUT2D eigenvalue weighted by Gasteiger charge is -2.31. The molecular formula is C16H30F3N3. The van der Waals surface area contributed by atoms with E-state index in [1.54, 1.807) is 6.21 Å². The molecule has 0 spiro atoms. The lowest BCUT2D eigenvalue weighted by atomic mass is 9.81. The molecule has 6 heteroatoms. The number of halogens is 3. The van der Waals surface area contributed by atoms with Crippen molar-refractivity contribution >= 4 is 6.21 Å². The molecule has 0 saturated heterocycles. The van der Waals surface area contributed by atoms with Gasteiger partial charge in [-0.3, -0.25) is 4.99 Å². The van der Waals surface area contributed by atoms with E-state index in [4.69, 9.17) is 5.73 Å². The first kappa shape index (κ1) is 19.4. The predicted molar refractivity (Wildman–Crippen MR) is 85.1 cm³/mol. The molecule has 1 saturated carbocycles. The van der Waals surface area contributed by atoms with Crippen LogP contribution in [0.25, 0.3) is 0 Å². The molecule has 0 bridgehead atoms. The van der Waals surface area contributed by atoms with Gasteiger partial charge in [0.25, 0.3) is 0 Å². The average molecular weight is 321 g/mol. The molecule has 3 N–H and O–H groups in total. The molecular weight excluding hydrogens is 291 g/mol. The quantitative estimate of drug-likeness (QED) is 0.706. The van der Waals surface area contributed by atoms with E-state index < -0.39 is 12.1 Å². The highest BCUT2D eigenvalue weighted by Gasteiger charge is 2.41. The summed E-state index contributed by atoms with van der Waals surface area (Å²) < 4.78 is 38.0. The van der Waals surface area contributed by atoms with Crippen molar-refractivity contribution < 1.29 is 13.2 Å². The molecule has 0 aromatic carbocycles. The predicted octanol–water partition coefficient (Wildman–Crippen LogP) is 3.39. The van der Waals surface area contributed by atoms with Crippen LogP contribution < -0.4 is 11.1 Å². The monoisotopic (exact) mass is 321 g/mol. The minimum Gasteiger partial charge on any atom is -0.323 e. The van der Waals surface area contributed by atoms with E-state index in [0.717, 1.165) is 6.54 Å². The summed E-state index contributed by atoms with van der Waals surface area (Å²) in [6, 6.07) is 0.195. The Kier molecular flexibility index (Phi) is 7.83. The molecule has 0 aliphatic heterocycles. The van der Waals surface area contributed by atoms with Gasteiger partial charge in [-0.25, -0.2) is 0 Å². The third kappa shape index (κ3) is 7.09. The minimum absolute atomic E-state index is 0.0505. The van der Waals surface area contributed by atoms with E-state index in [-0.39, 0.29) is 24.9 Å². The molecule has 130 valence electrons. The van der Waals surface area contributed by atoms with Crippen LogP contribution in [0.5, 0.6) is 0 Å². The lowest BCUT2D eigenvalue weighted by Crippen LogP contribution is -2.41. The average Bonchev–Trinajstić information content (AvgIpc) is 2.41. The normalized spacial score (nSPS) is 26.5. The Hall–Kier alpha value is -0.620. The Morgan fingerprint density at radius 3 is 2.23 bits per heavy atom. The van der Waals surface area contributed by atoms with Crippen molar-refractivity contribution in [1.82, 2.24) is 5.32 Å². The SMILES string of the molecule is CC(N)/C=N\C[C@@H](NC[C@H]1CC[C@H](C(F)(F)F)CC1)C(C)C. The van der Waals surface area contributed by atoms with Crippen LogP contribution in [-0.4, -0.2) is 37.6 Å². The maximum Gasteiger partial charge on any atom is 0.391 e. The third-order valence-electron chi connectivity index (χ3n) is 4.43. The fraction of sp³-hybridized carbons (Fsp3) is 0.938. The summed E-state index contributed by atoms with van der Waals surface area (Å²) in [7, 11) is 0. The van der Waals surface area contributed by atoms with Crippen molar-refractivity contribution in [2.45, 2.75) is 64.7 Å². The standard InChI is InChI=1S/C16H30F3N3/c1-11(2)15(10-21-8-12(3)20)22-9-13-4-6-14(7-5-13)16(17,18)19/h8,11-15,22H,4-7,9-10,20H2,1-3H3/b21-8-/t12?,13-,14-,15-/m1/s1. The summed E-state index contributed by atoms with van der Waals surface area (Å²) in [5.74, 6) is -0.325. The molecule has 1 unspecified atom stereocenters. The number of rotatable bonds is 7. The highest BCUT2D eigenvalue weighted by atomic mass is 19.4. The van der Waals surface area contributed by atoms with E-state index in [1.807, 2.05) is 6.92 Å². The Morgan fingerprint density at radius 2 is 1.77 bits per heavy atom. The van der Waals surface area contributed by atoms with Crippen LogP contribution in [0.3, 0.4) is 0 Å². The van der Waals surface area contributed by atoms with Crippen LogP contribution in [0, 0.1) is 17.8 Å². The number of nitrogens with one attached hydrogen (secondary N) is 1. The molecule has 0 radical (unpaired) electrons. The number of nitrogens with two attached hydrogens (primary N) is 1. The minimum atomic E-state index is -4.02. The lowest BCUT2D eigenvalue weighted by molar-refractivity contribution is -0.183. The zero-order valence-corrected chi connectivity index (χ0v) is 13.9. The Balaban J connectivity index is 2.34. The van der Waals surface area contributed by atoms with Gasteiger partial charge in [0.15, 0.2) is 0 Å². The van der Waals surface area contributed by atoms with E-state index in [1.165, 1.54) is 0 Å². The second-order valence-electron chi connectivity index (χ2n) is 6.89. The molecule has 0 aromatic heterocycles. The fourth-order valence-corrected chi connectivity index (χ4v) is 2.86. The van der Waals surface area contributed by atoms with E-state index >= 15 is 0 Å². The van der Waals surface area contributed by atoms with Crippen molar-refractivity contribution in [3.63, 3.8) is 0 Å². The number of aliphatic imine (C=N–C) groups is 1. The molecule has 1 aliphatic rings. The van der Waals surface area contributed by atoms with Crippen molar-refractivity contribution in [3.8, 4) is 0 Å². The van der Waals surface area contributed by atoms with E-state index in [2.05, 4.69) is 24.2 Å². The first-order valence-corrected chi connectivity index (χ1v) is 8.25. The first-order valence-electron chi connectivity index (χ1n) is 8.25. The highest BCUT2D eigenvalue weighted by Crippen LogP contribution is 2.39. The Morgan fingerprint density at radius 1 is 1.18 bits per heavy atom. The number of nitrogens with zero attached hydrogens (tertiary/aromatic N) is 1. The van der Waals surface area contributed by atoms with Gasteiger partial charge in [-0.2, -0.15) is 13.2 Å². The summed E-state index contributed by atoms with van der Waals surface area (Å²) in [5.41, 5.74) is 5.63. The largest absolute Gasteiger partial charge is 0.391 e. The zero-order valence-electron chi connectivity index (χ0n) is 13.9. The smallest absolute Gasteiger partial charge is 0.323 e. The maximum atomic E-state index is 12.7. The summed E-state index contributed by atoms with van der Waals surface area (Å²) >= 11 is 0. The molecule has 1 aliphatic carbocycles. The molecule has 3 nitrogen and oxygen atoms in total. The molecule has 2 atom stereocenters. The third-order valence-corrected chi connectivity index (χ3v) is 4.43. The molecule has 1 fully saturated rings. The van der Waals surface area contributed by atoms with Gasteiger partial charge >= 0.3 is 6.18 Å². The molecule has 0 aromatic rings. The van der Waals surface area contributed by atoms with Gasteiger partial charge in [-0.15, -0.1) is 0 Å². The van der Waals surface area contributed by atoms with Crippen LogP contribution in [0.1, 0.15) is 46.5 Å². The van der Waals surface area contributed by atoms with Crippen LogP contribution in [0.2, 0.25) is 0 Å². The topological polar surface area (TPSA) is 50.4 Å². The zero-order chi connectivity index (χ0) is 16.8. The van der Waals surface area contributed by atoms with E-state index in [0.29, 0.717) is 31.2 Å². The van der Waals surface area contributed by atoms with Crippen LogP contribution >= 0.6 is 0 Å². The molecule has 0 heterocycles. The van der Waals surface area contributed by atoms with Gasteiger partial charge in [0.1, 0.15) is 0 Å². The highest BCUT2D eigenvalue weighted by molar-refractivity contribution is 5.63. The molecule has 0 amide bonds. The fourth-order valence-electron chi connectivity index (χ4n) is 2.86. The van der Waals surface area contributed by atoms with Gasteiger partial charge in [0.2, 0.25) is 0 Å². The molecule has 1 rings (SSSR count). The van der Waals surface area contributed by atoms with Crippen LogP contribution in [0.4, 0.5) is 13.2 Å². The van der Waals surface area contributed by atoms with Gasteiger partial charge in [0, 0.05) is 18.3 Å². The van der Waals surface area contributed by atoms with Crippen molar-refractivity contribution in [3.05, 3.63) is 0 Å². The second kappa shape index (κ2) is 8.87. The summed E-state index contributed by atoms with van der Waals surface area (Å²) in [6.07, 6.45) is -0.426. The van der Waals surface area contributed by atoms with Crippen LogP contribution in [-0.2, 0) is 0 Å². The Bertz CT molecular complexity index is 332. The van der Waals surface area contributed by atoms with Crippen molar-refractivity contribution in [2.24, 2.45) is 28.5 Å². The second-order valence-corrected chi connectivity index (χ2v) is 6.89. The van der Waals surface area contributed by atoms with Gasteiger partial charge < -0.3 is 11.1 Å². The van der Waals surface area contributed by atoms with Crippen molar-refractivity contribution in [2.75, 3.05) is 13.1 Å². The summed E-state index contributed by atoms with van der Waals surface area (Å²) in [4.78, 5) is 4.34. The number of alkyl halides is 3. The Labute approximate surface area is 131 Å². The first-order chi connectivity index (χ1) is 10.2. The van der Waals surface area contributed by atoms with Crippen LogP contribution in [0.15, 0.2) is 4.99 Å². The van der Waals surface area contributed by atoms with Crippen molar-refractivity contribution in [1.29, 1.82) is 0 Å². The van der Waals surface area contributed by atoms with Gasteiger partial charge in [0.05, 0.1) is 12.5 Å². The summed E-state index contributed by atoms with van der Waals surface area (Å²) in [6.45, 7) is 7.57. The maximum absolute atomic E-state index is 12.7. The van der Waals surface area contributed by atoms with Gasteiger partial charge in [-0.1, -0.05) is 13.8 Å². The molecule has 22 heavy (non-hydrogen) atoms.